The molecule has 0 radical (unpaired) electrons. The van der Waals surface area contributed by atoms with E-state index in [0.29, 0.717) is 11.3 Å². The highest BCUT2D eigenvalue weighted by Gasteiger charge is 2.50. The molecule has 0 unspecified atom stereocenters. The molecule has 3 rings (SSSR count). The van der Waals surface area contributed by atoms with Crippen molar-refractivity contribution in [1.29, 1.82) is 0 Å². The summed E-state index contributed by atoms with van der Waals surface area (Å²) in [5, 5.41) is 10.0. The van der Waals surface area contributed by atoms with Crippen LogP contribution in [0.2, 0.25) is 0 Å². The fraction of sp³-hybridized carbons (Fsp3) is 0.714. The SMILES string of the molecule is C=C1CC[C@H](O)CC1=C/C=C1\CCC[C@]2(C)[C@@H]([C@H](C)CCC(=C)C(C)C)CC[C@@H]12. The van der Waals surface area contributed by atoms with E-state index in [0.717, 1.165) is 37.0 Å². The summed E-state index contributed by atoms with van der Waals surface area (Å²) < 4.78 is 0. The number of hydrogen-bond donors (Lipinski definition) is 1. The van der Waals surface area contributed by atoms with Crippen molar-refractivity contribution < 1.29 is 5.11 Å². The maximum atomic E-state index is 10.0. The fourth-order valence-electron chi connectivity index (χ4n) is 6.51. The van der Waals surface area contributed by atoms with E-state index in [9.17, 15) is 5.11 Å². The van der Waals surface area contributed by atoms with Gasteiger partial charge in [0, 0.05) is 0 Å². The first-order valence-corrected chi connectivity index (χ1v) is 12.2. The largest absolute Gasteiger partial charge is 0.393 e. The molecule has 1 N–H and O–H groups in total. The lowest BCUT2D eigenvalue weighted by molar-refractivity contribution is 0.0942. The molecule has 3 aliphatic carbocycles. The van der Waals surface area contributed by atoms with Crippen LogP contribution in [0.5, 0.6) is 0 Å². The van der Waals surface area contributed by atoms with Crippen LogP contribution >= 0.6 is 0 Å². The number of aliphatic hydroxyl groups excluding tert-OH is 1. The quantitative estimate of drug-likeness (QED) is 0.454. The number of aliphatic hydroxyl groups is 1. The molecule has 3 aliphatic rings. The molecule has 1 heteroatoms. The summed E-state index contributed by atoms with van der Waals surface area (Å²) in [4.78, 5) is 0. The topological polar surface area (TPSA) is 20.2 Å². The summed E-state index contributed by atoms with van der Waals surface area (Å²) in [6, 6.07) is 0. The van der Waals surface area contributed by atoms with E-state index in [2.05, 4.69) is 53.0 Å². The van der Waals surface area contributed by atoms with Crippen molar-refractivity contribution in [2.45, 2.75) is 98.0 Å². The van der Waals surface area contributed by atoms with Crippen molar-refractivity contribution >= 4 is 0 Å². The summed E-state index contributed by atoms with van der Waals surface area (Å²) in [6.45, 7) is 18.2. The van der Waals surface area contributed by atoms with E-state index >= 15 is 0 Å². The zero-order valence-corrected chi connectivity index (χ0v) is 19.5. The molecular weight excluding hydrogens is 352 g/mol. The number of rotatable bonds is 6. The molecule has 0 saturated heterocycles. The summed E-state index contributed by atoms with van der Waals surface area (Å²) >= 11 is 0. The normalized spacial score (nSPS) is 36.6. The van der Waals surface area contributed by atoms with Crippen LogP contribution in [0.25, 0.3) is 0 Å². The molecule has 1 nitrogen and oxygen atoms in total. The molecule has 0 aromatic rings. The molecule has 0 aliphatic heterocycles. The average molecular weight is 397 g/mol. The molecule has 0 amide bonds. The Morgan fingerprint density at radius 2 is 1.93 bits per heavy atom. The molecule has 3 fully saturated rings. The summed E-state index contributed by atoms with van der Waals surface area (Å²) in [6.07, 6.45) is 16.3. The van der Waals surface area contributed by atoms with Gasteiger partial charge < -0.3 is 5.11 Å². The summed E-state index contributed by atoms with van der Waals surface area (Å²) in [5.74, 6) is 2.98. The molecule has 29 heavy (non-hydrogen) atoms. The molecule has 0 aromatic heterocycles. The van der Waals surface area contributed by atoms with Crippen LogP contribution in [0.4, 0.5) is 0 Å². The minimum absolute atomic E-state index is 0.181. The van der Waals surface area contributed by atoms with Crippen LogP contribution in [0.1, 0.15) is 91.9 Å². The molecule has 5 atom stereocenters. The zero-order chi connectivity index (χ0) is 21.2. The molecule has 0 spiro atoms. The van der Waals surface area contributed by atoms with Gasteiger partial charge in [-0.15, -0.1) is 0 Å². The molecule has 3 saturated carbocycles. The second-order valence-corrected chi connectivity index (χ2v) is 10.9. The smallest absolute Gasteiger partial charge is 0.0583 e. The van der Waals surface area contributed by atoms with Crippen molar-refractivity contribution in [3.8, 4) is 0 Å². The van der Waals surface area contributed by atoms with Gasteiger partial charge in [0.1, 0.15) is 0 Å². The maximum Gasteiger partial charge on any atom is 0.0583 e. The third kappa shape index (κ3) is 4.98. The predicted molar refractivity (Wildman–Crippen MR) is 126 cm³/mol. The van der Waals surface area contributed by atoms with Gasteiger partial charge in [-0.25, -0.2) is 0 Å². The molecule has 162 valence electrons. The van der Waals surface area contributed by atoms with Gasteiger partial charge in [0.15, 0.2) is 0 Å². The van der Waals surface area contributed by atoms with Crippen LogP contribution in [0.3, 0.4) is 0 Å². The van der Waals surface area contributed by atoms with Crippen molar-refractivity contribution in [3.63, 3.8) is 0 Å². The standard InChI is InChI=1S/C28H44O/c1-19(2)20(3)9-10-22(5)26-15-16-27-23(8-7-17-28(26,27)6)12-13-24-18-25(29)14-11-21(24)4/h12-13,19,22,25-27,29H,3-4,7-11,14-18H2,1-2,5-6H3/b23-12+,24-13?/t22-,25+,26-,27+,28-/m1/s1. The highest BCUT2D eigenvalue weighted by atomic mass is 16.3. The van der Waals surface area contributed by atoms with Crippen molar-refractivity contribution in [3.05, 3.63) is 47.6 Å². The van der Waals surface area contributed by atoms with Gasteiger partial charge >= 0.3 is 0 Å². The first kappa shape index (κ1) is 22.6. The van der Waals surface area contributed by atoms with E-state index in [1.54, 1.807) is 5.57 Å². The molecular formula is C28H44O. The first-order chi connectivity index (χ1) is 13.7. The van der Waals surface area contributed by atoms with E-state index in [-0.39, 0.29) is 6.10 Å². The Bertz CT molecular complexity index is 678. The lowest BCUT2D eigenvalue weighted by atomic mass is 9.60. The summed E-state index contributed by atoms with van der Waals surface area (Å²) in [7, 11) is 0. The van der Waals surface area contributed by atoms with Crippen LogP contribution in [0.15, 0.2) is 47.6 Å². The second kappa shape index (κ2) is 9.38. The Kier molecular flexibility index (Phi) is 7.31. The first-order valence-electron chi connectivity index (χ1n) is 12.2. The second-order valence-electron chi connectivity index (χ2n) is 10.9. The van der Waals surface area contributed by atoms with E-state index in [1.807, 2.05) is 0 Å². The van der Waals surface area contributed by atoms with Crippen molar-refractivity contribution in [2.24, 2.45) is 29.1 Å². The van der Waals surface area contributed by atoms with Gasteiger partial charge in [-0.1, -0.05) is 69.7 Å². The van der Waals surface area contributed by atoms with Crippen LogP contribution < -0.4 is 0 Å². The average Bonchev–Trinajstić information content (AvgIpc) is 3.04. The van der Waals surface area contributed by atoms with E-state index in [1.165, 1.54) is 61.7 Å². The molecule has 0 aromatic carbocycles. The van der Waals surface area contributed by atoms with Gasteiger partial charge in [-0.3, -0.25) is 0 Å². The van der Waals surface area contributed by atoms with Gasteiger partial charge in [0.25, 0.3) is 0 Å². The lowest BCUT2D eigenvalue weighted by Crippen LogP contribution is -2.36. The zero-order valence-electron chi connectivity index (χ0n) is 19.5. The summed E-state index contributed by atoms with van der Waals surface area (Å²) in [5.41, 5.74) is 6.06. The van der Waals surface area contributed by atoms with Crippen LogP contribution in [-0.2, 0) is 0 Å². The van der Waals surface area contributed by atoms with Crippen molar-refractivity contribution in [2.75, 3.05) is 0 Å². The van der Waals surface area contributed by atoms with E-state index < -0.39 is 0 Å². The number of allylic oxidation sites excluding steroid dienone is 5. The Hall–Kier alpha value is -1.08. The third-order valence-corrected chi connectivity index (χ3v) is 8.65. The number of fused-ring (bicyclic) bond motifs is 1. The third-order valence-electron chi connectivity index (χ3n) is 8.65. The van der Waals surface area contributed by atoms with Gasteiger partial charge in [0.2, 0.25) is 0 Å². The lowest BCUT2D eigenvalue weighted by Gasteiger charge is -2.44. The molecule has 0 bridgehead atoms. The predicted octanol–water partition coefficient (Wildman–Crippen LogP) is 7.79. The fourth-order valence-corrected chi connectivity index (χ4v) is 6.51. The maximum absolute atomic E-state index is 10.0. The highest BCUT2D eigenvalue weighted by molar-refractivity contribution is 5.36. The van der Waals surface area contributed by atoms with Gasteiger partial charge in [-0.2, -0.15) is 0 Å². The highest BCUT2D eigenvalue weighted by Crippen LogP contribution is 2.60. The molecule has 0 heterocycles. The Morgan fingerprint density at radius 3 is 2.66 bits per heavy atom. The van der Waals surface area contributed by atoms with Gasteiger partial charge in [0.05, 0.1) is 6.10 Å². The monoisotopic (exact) mass is 396 g/mol. The van der Waals surface area contributed by atoms with Crippen LogP contribution in [-0.4, -0.2) is 11.2 Å². The van der Waals surface area contributed by atoms with Crippen molar-refractivity contribution in [1.82, 2.24) is 0 Å². The number of hydrogen-bond acceptors (Lipinski definition) is 1. The Morgan fingerprint density at radius 1 is 1.17 bits per heavy atom. The van der Waals surface area contributed by atoms with E-state index in [4.69, 9.17) is 0 Å². The minimum atomic E-state index is -0.181. The minimum Gasteiger partial charge on any atom is -0.393 e. The Labute approximate surface area is 180 Å². The van der Waals surface area contributed by atoms with Crippen LogP contribution in [0, 0.1) is 29.1 Å². The Balaban J connectivity index is 1.71. The van der Waals surface area contributed by atoms with Gasteiger partial charge in [-0.05, 0) is 98.9 Å².